The highest BCUT2D eigenvalue weighted by atomic mass is 32.2. The first-order valence-electron chi connectivity index (χ1n) is 8.14. The Hall–Kier alpha value is -2.68. The van der Waals surface area contributed by atoms with Crippen LogP contribution in [0, 0.1) is 5.82 Å². The number of H-pyrrole nitrogens is 2. The molecule has 0 atom stereocenters. The van der Waals surface area contributed by atoms with Crippen LogP contribution in [0.3, 0.4) is 0 Å². The molecule has 1 amide bonds. The van der Waals surface area contributed by atoms with E-state index in [1.807, 2.05) is 6.07 Å². The summed E-state index contributed by atoms with van der Waals surface area (Å²) in [6.07, 6.45) is 3.02. The molecule has 3 rings (SSSR count). The van der Waals surface area contributed by atoms with Crippen LogP contribution in [0.15, 0.2) is 41.8 Å². The second kappa shape index (κ2) is 8.61. The third-order valence-corrected chi connectivity index (χ3v) is 4.72. The summed E-state index contributed by atoms with van der Waals surface area (Å²) >= 11 is 1.33. The van der Waals surface area contributed by atoms with Crippen molar-refractivity contribution in [2.45, 2.75) is 18.0 Å². The second-order valence-corrected chi connectivity index (χ2v) is 6.75. The number of nitrogens with one attached hydrogen (secondary N) is 2. The summed E-state index contributed by atoms with van der Waals surface area (Å²) in [6, 6.07) is 8.19. The number of nitrogens with zero attached hydrogens (tertiary/aromatic N) is 4. The molecule has 2 heterocycles. The lowest BCUT2D eigenvalue weighted by Gasteiger charge is -2.16. The largest absolute Gasteiger partial charge is 0.345 e. The van der Waals surface area contributed by atoms with Gasteiger partial charge in [-0.25, -0.2) is 9.37 Å². The van der Waals surface area contributed by atoms with Crippen LogP contribution >= 0.6 is 11.8 Å². The van der Waals surface area contributed by atoms with Crippen LogP contribution in [-0.4, -0.2) is 55.5 Å². The predicted molar refractivity (Wildman–Crippen MR) is 97.0 cm³/mol. The minimum Gasteiger partial charge on any atom is -0.345 e. The summed E-state index contributed by atoms with van der Waals surface area (Å²) in [5.41, 5.74) is 2.64. The van der Waals surface area contributed by atoms with Gasteiger partial charge in [0.25, 0.3) is 0 Å². The molecule has 0 spiro atoms. The van der Waals surface area contributed by atoms with Gasteiger partial charge in [-0.3, -0.25) is 15.0 Å². The molecule has 136 valence electrons. The molecule has 0 aliphatic heterocycles. The number of hydrogen-bond acceptors (Lipinski definition) is 5. The van der Waals surface area contributed by atoms with E-state index >= 15 is 0 Å². The number of hydrogen-bond donors (Lipinski definition) is 2. The second-order valence-electron chi connectivity index (χ2n) is 5.78. The number of halogens is 1. The van der Waals surface area contributed by atoms with E-state index in [9.17, 15) is 9.18 Å². The summed E-state index contributed by atoms with van der Waals surface area (Å²) in [7, 11) is 1.79. The van der Waals surface area contributed by atoms with Crippen LogP contribution in [0.2, 0.25) is 0 Å². The summed E-state index contributed by atoms with van der Waals surface area (Å²) in [5, 5.41) is 14.4. The average molecular weight is 374 g/mol. The van der Waals surface area contributed by atoms with Gasteiger partial charge < -0.3 is 4.90 Å². The van der Waals surface area contributed by atoms with Gasteiger partial charge >= 0.3 is 0 Å². The maximum absolute atomic E-state index is 13.0. The van der Waals surface area contributed by atoms with Gasteiger partial charge in [0.15, 0.2) is 5.16 Å². The van der Waals surface area contributed by atoms with Gasteiger partial charge in [0.2, 0.25) is 5.91 Å². The van der Waals surface area contributed by atoms with Crippen molar-refractivity contribution < 1.29 is 9.18 Å². The van der Waals surface area contributed by atoms with Gasteiger partial charge in [-0.2, -0.15) is 10.2 Å². The molecule has 2 N–H and O–H groups in total. The Kier molecular flexibility index (Phi) is 6.00. The van der Waals surface area contributed by atoms with E-state index < -0.39 is 0 Å². The molecule has 2 aromatic heterocycles. The number of aromatic nitrogens is 5. The van der Waals surface area contributed by atoms with Crippen LogP contribution in [0.4, 0.5) is 4.39 Å². The molecule has 1 aromatic carbocycles. The van der Waals surface area contributed by atoms with Crippen molar-refractivity contribution in [3.8, 4) is 11.3 Å². The maximum Gasteiger partial charge on any atom is 0.232 e. The van der Waals surface area contributed by atoms with Crippen molar-refractivity contribution >= 4 is 17.7 Å². The normalized spacial score (nSPS) is 10.8. The van der Waals surface area contributed by atoms with E-state index in [4.69, 9.17) is 0 Å². The number of amides is 1. The van der Waals surface area contributed by atoms with Gasteiger partial charge in [-0.05, 0) is 43.2 Å². The number of rotatable bonds is 8. The molecule has 7 nitrogen and oxygen atoms in total. The maximum atomic E-state index is 13.0. The van der Waals surface area contributed by atoms with E-state index in [-0.39, 0.29) is 11.7 Å². The minimum atomic E-state index is -0.265. The third-order valence-electron chi connectivity index (χ3n) is 3.86. The zero-order chi connectivity index (χ0) is 18.4. The van der Waals surface area contributed by atoms with Crippen LogP contribution in [0.1, 0.15) is 12.1 Å². The Bertz CT molecular complexity index is 833. The summed E-state index contributed by atoms with van der Waals surface area (Å²) in [5.74, 6) is 0.103. The highest BCUT2D eigenvalue weighted by molar-refractivity contribution is 7.99. The van der Waals surface area contributed by atoms with Gasteiger partial charge in [-0.1, -0.05) is 11.8 Å². The Morgan fingerprint density at radius 2 is 2.08 bits per heavy atom. The fourth-order valence-electron chi connectivity index (χ4n) is 2.39. The van der Waals surface area contributed by atoms with Gasteiger partial charge in [0.1, 0.15) is 12.1 Å². The number of carbonyl (C=O) groups is 1. The van der Waals surface area contributed by atoms with Gasteiger partial charge in [-0.15, -0.1) is 0 Å². The van der Waals surface area contributed by atoms with E-state index in [1.54, 1.807) is 24.1 Å². The van der Waals surface area contributed by atoms with E-state index in [0.717, 1.165) is 29.8 Å². The Balaban J connectivity index is 1.43. The van der Waals surface area contributed by atoms with Crippen LogP contribution in [0.5, 0.6) is 0 Å². The fraction of sp³-hybridized carbons (Fsp3) is 0.294. The number of carbonyl (C=O) groups excluding carboxylic acids is 1. The topological polar surface area (TPSA) is 90.6 Å². The quantitative estimate of drug-likeness (QED) is 0.591. The van der Waals surface area contributed by atoms with Crippen LogP contribution < -0.4 is 0 Å². The van der Waals surface area contributed by atoms with Crippen molar-refractivity contribution in [3.05, 3.63) is 48.2 Å². The zero-order valence-electron chi connectivity index (χ0n) is 14.3. The molecular weight excluding hydrogens is 355 g/mol. The lowest BCUT2D eigenvalue weighted by atomic mass is 10.1. The standard InChI is InChI=1S/C17H19FN6OS/c1-24(16(25)10-26-17-19-11-20-23-17)8-2-3-14-9-15(22-21-14)12-4-6-13(18)7-5-12/h4-7,9,11H,2-3,8,10H2,1H3,(H,21,22)(H,19,20,23). The van der Waals surface area contributed by atoms with E-state index in [1.165, 1.54) is 30.2 Å². The number of aryl methyl sites for hydroxylation is 1. The van der Waals surface area contributed by atoms with Crippen molar-refractivity contribution in [1.29, 1.82) is 0 Å². The molecule has 0 fully saturated rings. The zero-order valence-corrected chi connectivity index (χ0v) is 15.1. The highest BCUT2D eigenvalue weighted by Crippen LogP contribution is 2.18. The van der Waals surface area contributed by atoms with E-state index in [0.29, 0.717) is 17.5 Å². The Labute approximate surface area is 154 Å². The van der Waals surface area contributed by atoms with Crippen LogP contribution in [0.25, 0.3) is 11.3 Å². The van der Waals surface area contributed by atoms with Crippen molar-refractivity contribution in [3.63, 3.8) is 0 Å². The first-order chi connectivity index (χ1) is 12.6. The molecular formula is C17H19FN6OS. The van der Waals surface area contributed by atoms with Crippen molar-refractivity contribution in [2.75, 3.05) is 19.3 Å². The molecule has 0 aliphatic rings. The first kappa shape index (κ1) is 18.1. The Morgan fingerprint density at radius 1 is 1.27 bits per heavy atom. The summed E-state index contributed by atoms with van der Waals surface area (Å²) in [6.45, 7) is 0.653. The molecule has 9 heteroatoms. The summed E-state index contributed by atoms with van der Waals surface area (Å²) < 4.78 is 13.0. The smallest absolute Gasteiger partial charge is 0.232 e. The number of aromatic amines is 2. The van der Waals surface area contributed by atoms with Gasteiger partial charge in [0, 0.05) is 24.8 Å². The fourth-order valence-corrected chi connectivity index (χ4v) is 3.11. The van der Waals surface area contributed by atoms with E-state index in [2.05, 4.69) is 25.4 Å². The SMILES string of the molecule is CN(CCCc1cc(-c2ccc(F)cc2)n[nH]1)C(=O)CSc1ncn[nH]1. The highest BCUT2D eigenvalue weighted by Gasteiger charge is 2.11. The molecule has 26 heavy (non-hydrogen) atoms. The van der Waals surface area contributed by atoms with Crippen molar-refractivity contribution in [2.24, 2.45) is 0 Å². The van der Waals surface area contributed by atoms with Gasteiger partial charge in [0.05, 0.1) is 11.4 Å². The van der Waals surface area contributed by atoms with Crippen molar-refractivity contribution in [1.82, 2.24) is 30.3 Å². The number of benzene rings is 1. The number of thioether (sulfide) groups is 1. The first-order valence-corrected chi connectivity index (χ1v) is 9.13. The molecule has 0 unspecified atom stereocenters. The molecule has 0 saturated heterocycles. The molecule has 3 aromatic rings. The lowest BCUT2D eigenvalue weighted by Crippen LogP contribution is -2.29. The van der Waals surface area contributed by atoms with Crippen LogP contribution in [-0.2, 0) is 11.2 Å². The molecule has 0 aliphatic carbocycles. The Morgan fingerprint density at radius 3 is 2.81 bits per heavy atom. The lowest BCUT2D eigenvalue weighted by molar-refractivity contribution is -0.127. The predicted octanol–water partition coefficient (Wildman–Crippen LogP) is 2.52. The third kappa shape index (κ3) is 4.92. The molecule has 0 saturated carbocycles. The molecule has 0 radical (unpaired) electrons. The molecule has 0 bridgehead atoms. The minimum absolute atomic E-state index is 0.0445. The average Bonchev–Trinajstić information content (AvgIpc) is 3.32. The monoisotopic (exact) mass is 374 g/mol. The summed E-state index contributed by atoms with van der Waals surface area (Å²) in [4.78, 5) is 17.8.